The van der Waals surface area contributed by atoms with Gasteiger partial charge in [-0.25, -0.2) is 0 Å². The van der Waals surface area contributed by atoms with E-state index in [9.17, 15) is 9.59 Å². The van der Waals surface area contributed by atoms with Gasteiger partial charge in [0.1, 0.15) is 6.04 Å². The maximum absolute atomic E-state index is 11.5. The molecule has 2 atom stereocenters. The van der Waals surface area contributed by atoms with Gasteiger partial charge in [-0.2, -0.15) is 0 Å². The fraction of sp³-hybridized carbons (Fsp3) is 0.800. The van der Waals surface area contributed by atoms with Gasteiger partial charge >= 0.3 is 5.97 Å². The van der Waals surface area contributed by atoms with Crippen molar-refractivity contribution in [3.63, 3.8) is 0 Å². The molecule has 0 radical (unpaired) electrons. The number of carbonyl (C=O) groups is 2. The molecule has 16 heavy (non-hydrogen) atoms. The minimum absolute atomic E-state index is 0.287. The lowest BCUT2D eigenvalue weighted by atomic mass is 10.1. The summed E-state index contributed by atoms with van der Waals surface area (Å²) in [6, 6.07) is -0.430. The lowest BCUT2D eigenvalue weighted by Gasteiger charge is -2.34. The molecule has 1 heterocycles. The van der Waals surface area contributed by atoms with Crippen LogP contribution in [0.2, 0.25) is 0 Å². The van der Waals surface area contributed by atoms with Crippen molar-refractivity contribution < 1.29 is 19.1 Å². The molecule has 1 amide bonds. The van der Waals surface area contributed by atoms with E-state index in [1.165, 1.54) is 7.11 Å². The minimum atomic E-state index is -0.430. The third-order valence-corrected chi connectivity index (χ3v) is 2.71. The van der Waals surface area contributed by atoms with Crippen LogP contribution < -0.4 is 5.73 Å². The molecule has 0 bridgehead atoms. The number of esters is 1. The second-order valence-corrected chi connectivity index (χ2v) is 3.91. The molecule has 6 nitrogen and oxygen atoms in total. The molecule has 0 aromatic carbocycles. The molecule has 0 saturated carbocycles. The van der Waals surface area contributed by atoms with Crippen LogP contribution in [0.15, 0.2) is 0 Å². The molecule has 1 fully saturated rings. The lowest BCUT2D eigenvalue weighted by molar-refractivity contribution is -0.154. The lowest BCUT2D eigenvalue weighted by Crippen LogP contribution is -2.52. The first-order valence-electron chi connectivity index (χ1n) is 5.25. The number of ether oxygens (including phenoxy) is 2. The molecule has 0 spiro atoms. The van der Waals surface area contributed by atoms with Gasteiger partial charge in [-0.1, -0.05) is 6.92 Å². The van der Waals surface area contributed by atoms with Gasteiger partial charge in [0.15, 0.2) is 0 Å². The van der Waals surface area contributed by atoms with Gasteiger partial charge in [-0.3, -0.25) is 14.5 Å². The number of methoxy groups -OCH3 is 1. The van der Waals surface area contributed by atoms with Gasteiger partial charge < -0.3 is 15.2 Å². The molecule has 0 aliphatic carbocycles. The van der Waals surface area contributed by atoms with E-state index in [-0.39, 0.29) is 17.8 Å². The SMILES string of the molecule is COC(=O)C1COCCN1CC(C)C(N)=O. The first-order valence-corrected chi connectivity index (χ1v) is 5.25. The highest BCUT2D eigenvalue weighted by molar-refractivity contribution is 5.77. The summed E-state index contributed by atoms with van der Waals surface area (Å²) in [6.45, 7) is 3.67. The summed E-state index contributed by atoms with van der Waals surface area (Å²) < 4.78 is 9.90. The number of hydrogen-bond acceptors (Lipinski definition) is 5. The zero-order valence-corrected chi connectivity index (χ0v) is 9.64. The van der Waals surface area contributed by atoms with E-state index in [0.717, 1.165) is 0 Å². The zero-order chi connectivity index (χ0) is 12.1. The van der Waals surface area contributed by atoms with E-state index in [1.807, 2.05) is 4.90 Å². The molecule has 92 valence electrons. The number of morpholine rings is 1. The van der Waals surface area contributed by atoms with Crippen molar-refractivity contribution in [1.82, 2.24) is 4.90 Å². The molecule has 2 N–H and O–H groups in total. The van der Waals surface area contributed by atoms with E-state index in [4.69, 9.17) is 10.5 Å². The fourth-order valence-electron chi connectivity index (χ4n) is 1.65. The average molecular weight is 230 g/mol. The Morgan fingerprint density at radius 1 is 1.62 bits per heavy atom. The van der Waals surface area contributed by atoms with Crippen LogP contribution in [0.25, 0.3) is 0 Å². The van der Waals surface area contributed by atoms with Crippen LogP contribution in [-0.4, -0.2) is 56.2 Å². The van der Waals surface area contributed by atoms with Crippen molar-refractivity contribution >= 4 is 11.9 Å². The van der Waals surface area contributed by atoms with E-state index in [2.05, 4.69) is 4.74 Å². The Morgan fingerprint density at radius 2 is 2.31 bits per heavy atom. The van der Waals surface area contributed by atoms with Crippen molar-refractivity contribution in [2.45, 2.75) is 13.0 Å². The number of rotatable bonds is 4. The molecule has 1 aliphatic rings. The molecule has 6 heteroatoms. The Morgan fingerprint density at radius 3 is 2.88 bits per heavy atom. The van der Waals surface area contributed by atoms with E-state index in [1.54, 1.807) is 6.92 Å². The molecule has 0 aromatic heterocycles. The molecular formula is C10H18N2O4. The summed E-state index contributed by atoms with van der Waals surface area (Å²) in [7, 11) is 1.34. The van der Waals surface area contributed by atoms with Crippen LogP contribution in [0, 0.1) is 5.92 Å². The highest BCUT2D eigenvalue weighted by Gasteiger charge is 2.31. The Labute approximate surface area is 94.7 Å². The van der Waals surface area contributed by atoms with Crippen molar-refractivity contribution in [3.05, 3.63) is 0 Å². The van der Waals surface area contributed by atoms with E-state index >= 15 is 0 Å². The van der Waals surface area contributed by atoms with E-state index in [0.29, 0.717) is 26.3 Å². The van der Waals surface area contributed by atoms with E-state index < -0.39 is 6.04 Å². The third kappa shape index (κ3) is 3.18. The summed E-state index contributed by atoms with van der Waals surface area (Å²) in [5.41, 5.74) is 5.19. The van der Waals surface area contributed by atoms with Gasteiger partial charge in [0.05, 0.1) is 20.3 Å². The molecule has 1 aliphatic heterocycles. The van der Waals surface area contributed by atoms with Crippen molar-refractivity contribution in [1.29, 1.82) is 0 Å². The number of hydrogen-bond donors (Lipinski definition) is 1. The number of primary amides is 1. The summed E-state index contributed by atoms with van der Waals surface area (Å²) >= 11 is 0. The largest absolute Gasteiger partial charge is 0.468 e. The van der Waals surface area contributed by atoms with Crippen LogP contribution in [0.1, 0.15) is 6.92 Å². The Balaban J connectivity index is 2.60. The van der Waals surface area contributed by atoms with Crippen LogP contribution in [0.5, 0.6) is 0 Å². The first-order chi connectivity index (χ1) is 7.56. The second kappa shape index (κ2) is 5.81. The van der Waals surface area contributed by atoms with Crippen LogP contribution >= 0.6 is 0 Å². The Kier molecular flexibility index (Phi) is 4.70. The quantitative estimate of drug-likeness (QED) is 0.625. The van der Waals surface area contributed by atoms with Gasteiger partial charge in [-0.15, -0.1) is 0 Å². The maximum Gasteiger partial charge on any atom is 0.325 e. The molecule has 1 rings (SSSR count). The van der Waals surface area contributed by atoms with Crippen molar-refractivity contribution in [2.75, 3.05) is 33.4 Å². The number of carbonyl (C=O) groups excluding carboxylic acids is 2. The summed E-state index contributed by atoms with van der Waals surface area (Å²) in [5.74, 6) is -0.989. The molecule has 2 unspecified atom stereocenters. The normalized spacial score (nSPS) is 23.8. The fourth-order valence-corrected chi connectivity index (χ4v) is 1.65. The highest BCUT2D eigenvalue weighted by Crippen LogP contribution is 2.11. The number of nitrogens with zero attached hydrogens (tertiary/aromatic N) is 1. The second-order valence-electron chi connectivity index (χ2n) is 3.91. The topological polar surface area (TPSA) is 81.9 Å². The third-order valence-electron chi connectivity index (χ3n) is 2.71. The Bertz CT molecular complexity index is 270. The monoisotopic (exact) mass is 230 g/mol. The average Bonchev–Trinajstić information content (AvgIpc) is 2.28. The predicted octanol–water partition coefficient (Wildman–Crippen LogP) is -1.02. The highest BCUT2D eigenvalue weighted by atomic mass is 16.5. The van der Waals surface area contributed by atoms with Crippen molar-refractivity contribution in [2.24, 2.45) is 11.7 Å². The number of nitrogens with two attached hydrogens (primary N) is 1. The molecule has 0 aromatic rings. The Hall–Kier alpha value is -1.14. The minimum Gasteiger partial charge on any atom is -0.468 e. The zero-order valence-electron chi connectivity index (χ0n) is 9.64. The molecular weight excluding hydrogens is 212 g/mol. The van der Waals surface area contributed by atoms with Gasteiger partial charge in [0, 0.05) is 19.0 Å². The molecule has 1 saturated heterocycles. The number of amides is 1. The van der Waals surface area contributed by atoms with Gasteiger partial charge in [0.25, 0.3) is 0 Å². The standard InChI is InChI=1S/C10H18N2O4/c1-7(9(11)13)5-12-3-4-16-6-8(12)10(14)15-2/h7-8H,3-6H2,1-2H3,(H2,11,13). The smallest absolute Gasteiger partial charge is 0.325 e. The summed E-state index contributed by atoms with van der Waals surface area (Å²) in [5, 5.41) is 0. The van der Waals surface area contributed by atoms with Crippen molar-refractivity contribution in [3.8, 4) is 0 Å². The summed E-state index contributed by atoms with van der Waals surface area (Å²) in [4.78, 5) is 24.3. The van der Waals surface area contributed by atoms with Crippen LogP contribution in [0.4, 0.5) is 0 Å². The predicted molar refractivity (Wildman–Crippen MR) is 56.6 cm³/mol. The van der Waals surface area contributed by atoms with Gasteiger partial charge in [-0.05, 0) is 0 Å². The summed E-state index contributed by atoms with van der Waals surface area (Å²) in [6.07, 6.45) is 0. The van der Waals surface area contributed by atoms with Crippen LogP contribution in [0.3, 0.4) is 0 Å². The first kappa shape index (κ1) is 12.9. The van der Waals surface area contributed by atoms with Gasteiger partial charge in [0.2, 0.25) is 5.91 Å². The maximum atomic E-state index is 11.5. The van der Waals surface area contributed by atoms with Crippen LogP contribution in [-0.2, 0) is 19.1 Å².